The average Bonchev–Trinajstić information content (AvgIpc) is 2.70. The Kier molecular flexibility index (Phi) is 8.18. The van der Waals surface area contributed by atoms with Crippen LogP contribution in [-0.2, 0) is 16.1 Å². The van der Waals surface area contributed by atoms with Crippen LogP contribution in [0.1, 0.15) is 38.7 Å². The van der Waals surface area contributed by atoms with E-state index < -0.39 is 0 Å². The summed E-state index contributed by atoms with van der Waals surface area (Å²) in [6.45, 7) is 7.76. The van der Waals surface area contributed by atoms with Gasteiger partial charge in [-0.3, -0.25) is 4.79 Å². The first kappa shape index (κ1) is 20.0. The van der Waals surface area contributed by atoms with Crippen molar-refractivity contribution in [1.82, 2.24) is 15.2 Å². The molecular formula is C19H30N4O3. The number of pyridine rings is 1. The second-order valence-electron chi connectivity index (χ2n) is 6.31. The summed E-state index contributed by atoms with van der Waals surface area (Å²) in [5, 5.41) is 3.33. The molecule has 0 bridgehead atoms. The van der Waals surface area contributed by atoms with Crippen LogP contribution in [0.3, 0.4) is 0 Å². The fraction of sp³-hybridized carbons (Fsp3) is 0.632. The summed E-state index contributed by atoms with van der Waals surface area (Å²) in [5.74, 6) is 1.42. The summed E-state index contributed by atoms with van der Waals surface area (Å²) in [5.41, 5.74) is 1.04. The number of aliphatic imine (C=N–C) groups is 1. The maximum atomic E-state index is 11.7. The van der Waals surface area contributed by atoms with Gasteiger partial charge in [-0.1, -0.05) is 13.0 Å². The van der Waals surface area contributed by atoms with Crippen LogP contribution < -0.4 is 10.1 Å². The summed E-state index contributed by atoms with van der Waals surface area (Å²) in [6.07, 6.45) is 4.36. The quantitative estimate of drug-likeness (QED) is 0.455. The minimum Gasteiger partial charge on any atom is -0.478 e. The molecule has 0 aromatic carbocycles. The fourth-order valence-electron chi connectivity index (χ4n) is 2.88. The minimum absolute atomic E-state index is 0.000934. The van der Waals surface area contributed by atoms with Crippen molar-refractivity contribution in [2.75, 3.05) is 33.4 Å². The normalized spacial score (nSPS) is 15.7. The SMILES string of the molecule is CCCOc1ccc(CN=C(NCC)N2CCC(C(=O)OC)CC2)cn1. The summed E-state index contributed by atoms with van der Waals surface area (Å²) in [6, 6.07) is 3.88. The van der Waals surface area contributed by atoms with Crippen LogP contribution in [0, 0.1) is 5.92 Å². The van der Waals surface area contributed by atoms with Crippen molar-refractivity contribution in [3.8, 4) is 5.88 Å². The molecule has 2 rings (SSSR count). The van der Waals surface area contributed by atoms with E-state index in [1.54, 1.807) is 0 Å². The van der Waals surface area contributed by atoms with Crippen molar-refractivity contribution in [2.24, 2.45) is 10.9 Å². The molecule has 1 aliphatic heterocycles. The first-order valence-electron chi connectivity index (χ1n) is 9.36. The molecule has 0 spiro atoms. The number of esters is 1. The summed E-state index contributed by atoms with van der Waals surface area (Å²) >= 11 is 0. The lowest BCUT2D eigenvalue weighted by Gasteiger charge is -2.33. The number of hydrogen-bond donors (Lipinski definition) is 1. The van der Waals surface area contributed by atoms with Gasteiger partial charge in [-0.2, -0.15) is 0 Å². The number of ether oxygens (including phenoxy) is 2. The summed E-state index contributed by atoms with van der Waals surface area (Å²) in [4.78, 5) is 22.9. The monoisotopic (exact) mass is 362 g/mol. The van der Waals surface area contributed by atoms with Crippen LogP contribution in [0.15, 0.2) is 23.3 Å². The lowest BCUT2D eigenvalue weighted by atomic mass is 9.97. The molecule has 0 unspecified atom stereocenters. The van der Waals surface area contributed by atoms with Crippen molar-refractivity contribution < 1.29 is 14.3 Å². The second kappa shape index (κ2) is 10.6. The van der Waals surface area contributed by atoms with Gasteiger partial charge < -0.3 is 19.7 Å². The second-order valence-corrected chi connectivity index (χ2v) is 6.31. The largest absolute Gasteiger partial charge is 0.478 e. The molecule has 0 atom stereocenters. The van der Waals surface area contributed by atoms with E-state index in [-0.39, 0.29) is 11.9 Å². The lowest BCUT2D eigenvalue weighted by molar-refractivity contribution is -0.146. The first-order chi connectivity index (χ1) is 12.7. The highest BCUT2D eigenvalue weighted by atomic mass is 16.5. The third-order valence-electron chi connectivity index (χ3n) is 4.33. The molecule has 0 aliphatic carbocycles. The molecule has 0 radical (unpaired) electrons. The molecule has 7 nitrogen and oxygen atoms in total. The van der Waals surface area contributed by atoms with Gasteiger partial charge >= 0.3 is 5.97 Å². The molecule has 2 heterocycles. The number of piperidine rings is 1. The summed E-state index contributed by atoms with van der Waals surface area (Å²) in [7, 11) is 1.45. The number of likely N-dealkylation sites (tertiary alicyclic amines) is 1. The van der Waals surface area contributed by atoms with E-state index in [4.69, 9.17) is 14.5 Å². The Morgan fingerprint density at radius 1 is 1.35 bits per heavy atom. The van der Waals surface area contributed by atoms with E-state index in [9.17, 15) is 4.79 Å². The van der Waals surface area contributed by atoms with E-state index in [1.165, 1.54) is 7.11 Å². The lowest BCUT2D eigenvalue weighted by Crippen LogP contribution is -2.46. The Labute approximate surface area is 155 Å². The van der Waals surface area contributed by atoms with Crippen molar-refractivity contribution in [3.05, 3.63) is 23.9 Å². The Morgan fingerprint density at radius 3 is 2.69 bits per heavy atom. The first-order valence-corrected chi connectivity index (χ1v) is 9.36. The van der Waals surface area contributed by atoms with Crippen molar-refractivity contribution in [3.63, 3.8) is 0 Å². The predicted octanol–water partition coefficient (Wildman–Crippen LogP) is 2.22. The highest BCUT2D eigenvalue weighted by Crippen LogP contribution is 2.18. The molecule has 1 saturated heterocycles. The zero-order valence-corrected chi connectivity index (χ0v) is 16.0. The zero-order chi connectivity index (χ0) is 18.8. The molecule has 1 aromatic rings. The summed E-state index contributed by atoms with van der Waals surface area (Å²) < 4.78 is 10.4. The topological polar surface area (TPSA) is 76.0 Å². The number of carbonyl (C=O) groups excluding carboxylic acids is 1. The number of nitrogens with one attached hydrogen (secondary N) is 1. The van der Waals surface area contributed by atoms with Gasteiger partial charge in [-0.25, -0.2) is 9.98 Å². The third-order valence-corrected chi connectivity index (χ3v) is 4.33. The van der Waals surface area contributed by atoms with Gasteiger partial charge in [-0.05, 0) is 31.7 Å². The van der Waals surface area contributed by atoms with Gasteiger partial charge in [0.2, 0.25) is 5.88 Å². The number of aromatic nitrogens is 1. The minimum atomic E-state index is -0.108. The van der Waals surface area contributed by atoms with E-state index in [2.05, 4.69) is 29.0 Å². The van der Waals surface area contributed by atoms with Gasteiger partial charge in [0.25, 0.3) is 0 Å². The van der Waals surface area contributed by atoms with Crippen LogP contribution in [-0.4, -0.2) is 55.2 Å². The highest BCUT2D eigenvalue weighted by molar-refractivity contribution is 5.80. The van der Waals surface area contributed by atoms with Crippen molar-refractivity contribution in [1.29, 1.82) is 0 Å². The van der Waals surface area contributed by atoms with E-state index in [0.29, 0.717) is 19.0 Å². The Hall–Kier alpha value is -2.31. The molecule has 144 valence electrons. The average molecular weight is 362 g/mol. The van der Waals surface area contributed by atoms with Crippen LogP contribution >= 0.6 is 0 Å². The van der Waals surface area contributed by atoms with Crippen LogP contribution in [0.25, 0.3) is 0 Å². The molecule has 0 amide bonds. The number of nitrogens with zero attached hydrogens (tertiary/aromatic N) is 3. The Morgan fingerprint density at radius 2 is 2.12 bits per heavy atom. The Balaban J connectivity index is 1.93. The van der Waals surface area contributed by atoms with Crippen LogP contribution in [0.2, 0.25) is 0 Å². The van der Waals surface area contributed by atoms with Crippen molar-refractivity contribution >= 4 is 11.9 Å². The highest BCUT2D eigenvalue weighted by Gasteiger charge is 2.26. The maximum Gasteiger partial charge on any atom is 0.308 e. The zero-order valence-electron chi connectivity index (χ0n) is 16.0. The molecule has 1 aromatic heterocycles. The predicted molar refractivity (Wildman–Crippen MR) is 101 cm³/mol. The molecule has 1 N–H and O–H groups in total. The van der Waals surface area contributed by atoms with Gasteiger partial charge in [0, 0.05) is 31.9 Å². The smallest absolute Gasteiger partial charge is 0.308 e. The van der Waals surface area contributed by atoms with E-state index >= 15 is 0 Å². The van der Waals surface area contributed by atoms with Crippen LogP contribution in [0.5, 0.6) is 5.88 Å². The number of hydrogen-bond acceptors (Lipinski definition) is 5. The molecular weight excluding hydrogens is 332 g/mol. The molecule has 26 heavy (non-hydrogen) atoms. The van der Waals surface area contributed by atoms with Gasteiger partial charge in [0.1, 0.15) is 0 Å². The van der Waals surface area contributed by atoms with Gasteiger partial charge in [0.05, 0.1) is 26.2 Å². The number of guanidine groups is 1. The third kappa shape index (κ3) is 5.89. The number of rotatable bonds is 7. The number of carbonyl (C=O) groups is 1. The maximum absolute atomic E-state index is 11.7. The Bertz CT molecular complexity index is 581. The van der Waals surface area contributed by atoms with Crippen LogP contribution in [0.4, 0.5) is 0 Å². The standard InChI is InChI=1S/C19H30N4O3/c1-4-12-26-17-7-6-15(13-21-17)14-22-19(20-5-2)23-10-8-16(9-11-23)18(24)25-3/h6-7,13,16H,4-5,8-12,14H2,1-3H3,(H,20,22). The molecule has 0 saturated carbocycles. The molecule has 1 aliphatic rings. The molecule has 1 fully saturated rings. The van der Waals surface area contributed by atoms with E-state index in [0.717, 1.165) is 50.4 Å². The van der Waals surface area contributed by atoms with Gasteiger partial charge in [-0.15, -0.1) is 0 Å². The molecule has 7 heteroatoms. The number of methoxy groups -OCH3 is 1. The van der Waals surface area contributed by atoms with E-state index in [1.807, 2.05) is 18.3 Å². The van der Waals surface area contributed by atoms with Gasteiger partial charge in [0.15, 0.2) is 5.96 Å². The fourth-order valence-corrected chi connectivity index (χ4v) is 2.88. The van der Waals surface area contributed by atoms with Crippen molar-refractivity contribution in [2.45, 2.75) is 39.7 Å².